The Morgan fingerprint density at radius 1 is 1.13 bits per heavy atom. The average molecular weight is 321 g/mol. The lowest BCUT2D eigenvalue weighted by molar-refractivity contribution is 0.0954. The first-order chi connectivity index (χ1) is 11.2. The van der Waals surface area contributed by atoms with Gasteiger partial charge in [0.05, 0.1) is 11.0 Å². The quantitative estimate of drug-likeness (QED) is 0.624. The largest absolute Gasteiger partial charge is 0.347 e. The summed E-state index contributed by atoms with van der Waals surface area (Å²) in [5.74, 6) is -0.0501. The molecule has 23 heavy (non-hydrogen) atoms. The van der Waals surface area contributed by atoms with Crippen molar-refractivity contribution in [3.63, 3.8) is 0 Å². The molecule has 2 heterocycles. The predicted octanol–water partition coefficient (Wildman–Crippen LogP) is 3.79. The fraction of sp³-hybridized carbons (Fsp3) is 0.111. The summed E-state index contributed by atoms with van der Waals surface area (Å²) < 4.78 is 2.05. The van der Waals surface area contributed by atoms with Crippen LogP contribution in [0.15, 0.2) is 54.6 Å². The number of thiazole rings is 1. The van der Waals surface area contributed by atoms with Gasteiger partial charge in [-0.1, -0.05) is 53.8 Å². The highest BCUT2D eigenvalue weighted by atomic mass is 32.1. The Morgan fingerprint density at radius 2 is 1.87 bits per heavy atom. The number of nitrogens with one attached hydrogen (secondary N) is 1. The Kier molecular flexibility index (Phi) is 3.35. The van der Waals surface area contributed by atoms with E-state index in [4.69, 9.17) is 0 Å². The Morgan fingerprint density at radius 3 is 2.70 bits per heavy atom. The van der Waals surface area contributed by atoms with Crippen LogP contribution in [-0.4, -0.2) is 15.3 Å². The highest BCUT2D eigenvalue weighted by Crippen LogP contribution is 2.27. The van der Waals surface area contributed by atoms with Crippen molar-refractivity contribution in [3.8, 4) is 0 Å². The van der Waals surface area contributed by atoms with Gasteiger partial charge in [0.1, 0.15) is 4.88 Å². The van der Waals surface area contributed by atoms with Crippen LogP contribution in [-0.2, 0) is 6.54 Å². The molecule has 0 aliphatic rings. The van der Waals surface area contributed by atoms with Crippen molar-refractivity contribution < 1.29 is 4.79 Å². The van der Waals surface area contributed by atoms with Gasteiger partial charge in [0.15, 0.2) is 4.96 Å². The maximum absolute atomic E-state index is 12.5. The van der Waals surface area contributed by atoms with Crippen molar-refractivity contribution in [1.82, 2.24) is 14.7 Å². The molecule has 4 rings (SSSR count). The third-order valence-corrected chi connectivity index (χ3v) is 5.03. The van der Waals surface area contributed by atoms with Crippen molar-refractivity contribution in [3.05, 3.63) is 70.7 Å². The van der Waals surface area contributed by atoms with Gasteiger partial charge in [-0.05, 0) is 24.6 Å². The van der Waals surface area contributed by atoms with Gasteiger partial charge in [-0.2, -0.15) is 0 Å². The number of aryl methyl sites for hydroxylation is 1. The van der Waals surface area contributed by atoms with Crippen LogP contribution >= 0.6 is 11.3 Å². The number of aromatic nitrogens is 2. The summed E-state index contributed by atoms with van der Waals surface area (Å²) in [7, 11) is 0. The molecule has 4 nitrogen and oxygen atoms in total. The van der Waals surface area contributed by atoms with Crippen molar-refractivity contribution >= 4 is 33.2 Å². The van der Waals surface area contributed by atoms with E-state index in [2.05, 4.69) is 14.7 Å². The van der Waals surface area contributed by atoms with Crippen LogP contribution in [0.25, 0.3) is 16.0 Å². The molecular formula is C18H15N3OS. The van der Waals surface area contributed by atoms with Crippen LogP contribution in [0.5, 0.6) is 0 Å². The minimum Gasteiger partial charge on any atom is -0.347 e. The topological polar surface area (TPSA) is 46.4 Å². The van der Waals surface area contributed by atoms with E-state index >= 15 is 0 Å². The Balaban J connectivity index is 1.66. The van der Waals surface area contributed by atoms with E-state index in [0.717, 1.165) is 27.3 Å². The molecule has 0 radical (unpaired) electrons. The standard InChI is InChI=1S/C18H15N3OS/c1-12-16(17(22)19-11-13-7-3-2-4-8-13)23-18-20-14-9-5-6-10-15(14)21(12)18/h2-10H,11H2,1H3,(H,19,22). The van der Waals surface area contributed by atoms with Gasteiger partial charge in [0.2, 0.25) is 0 Å². The van der Waals surface area contributed by atoms with Gasteiger partial charge >= 0.3 is 0 Å². The number of carbonyl (C=O) groups excluding carboxylic acids is 1. The second-order valence-corrected chi connectivity index (χ2v) is 6.38. The molecule has 0 atom stereocenters. The smallest absolute Gasteiger partial charge is 0.263 e. The Bertz CT molecular complexity index is 1000. The number of amides is 1. The molecule has 114 valence electrons. The SMILES string of the molecule is Cc1c(C(=O)NCc2ccccc2)sc2nc3ccccc3n12. The maximum Gasteiger partial charge on any atom is 0.263 e. The molecule has 0 unspecified atom stereocenters. The molecule has 1 N–H and O–H groups in total. The highest BCUT2D eigenvalue weighted by molar-refractivity contribution is 7.19. The number of carbonyl (C=O) groups is 1. The zero-order valence-electron chi connectivity index (χ0n) is 12.6. The first-order valence-electron chi connectivity index (χ1n) is 7.43. The number of fused-ring (bicyclic) bond motifs is 3. The first kappa shape index (κ1) is 14.0. The molecule has 0 saturated carbocycles. The minimum absolute atomic E-state index is 0.0501. The zero-order chi connectivity index (χ0) is 15.8. The number of benzene rings is 2. The lowest BCUT2D eigenvalue weighted by Gasteiger charge is -2.04. The van der Waals surface area contributed by atoms with Gasteiger partial charge in [-0.25, -0.2) is 4.98 Å². The van der Waals surface area contributed by atoms with Crippen molar-refractivity contribution in [1.29, 1.82) is 0 Å². The minimum atomic E-state index is -0.0501. The molecule has 0 aliphatic carbocycles. The molecule has 0 fully saturated rings. The first-order valence-corrected chi connectivity index (χ1v) is 8.24. The molecule has 1 amide bonds. The van der Waals surface area contributed by atoms with Crippen molar-refractivity contribution in [2.45, 2.75) is 13.5 Å². The monoisotopic (exact) mass is 321 g/mol. The van der Waals surface area contributed by atoms with Gasteiger partial charge in [-0.3, -0.25) is 9.20 Å². The molecule has 0 spiro atoms. The lowest BCUT2D eigenvalue weighted by Crippen LogP contribution is -2.22. The normalized spacial score (nSPS) is 11.2. The summed E-state index contributed by atoms with van der Waals surface area (Å²) in [6, 6.07) is 17.9. The van der Waals surface area contributed by atoms with Gasteiger partial charge in [0, 0.05) is 12.2 Å². The van der Waals surface area contributed by atoms with E-state index in [1.807, 2.05) is 61.5 Å². The van der Waals surface area contributed by atoms with Gasteiger partial charge in [-0.15, -0.1) is 0 Å². The van der Waals surface area contributed by atoms with E-state index in [9.17, 15) is 4.79 Å². The molecule has 2 aromatic heterocycles. The fourth-order valence-corrected chi connectivity index (χ4v) is 3.79. The molecule has 0 bridgehead atoms. The molecular weight excluding hydrogens is 306 g/mol. The van der Waals surface area contributed by atoms with Crippen molar-refractivity contribution in [2.24, 2.45) is 0 Å². The van der Waals surface area contributed by atoms with Crippen LogP contribution in [0.3, 0.4) is 0 Å². The lowest BCUT2D eigenvalue weighted by atomic mass is 10.2. The summed E-state index contributed by atoms with van der Waals surface area (Å²) in [4.78, 5) is 18.7. The molecule has 2 aromatic carbocycles. The number of rotatable bonds is 3. The second-order valence-electron chi connectivity index (χ2n) is 5.40. The van der Waals surface area contributed by atoms with Crippen LogP contribution < -0.4 is 5.32 Å². The summed E-state index contributed by atoms with van der Waals surface area (Å²) in [5.41, 5.74) is 4.02. The van der Waals surface area contributed by atoms with Crippen LogP contribution in [0.2, 0.25) is 0 Å². The van der Waals surface area contributed by atoms with Crippen LogP contribution in [0.4, 0.5) is 0 Å². The summed E-state index contributed by atoms with van der Waals surface area (Å²) >= 11 is 1.43. The third kappa shape index (κ3) is 2.39. The fourth-order valence-electron chi connectivity index (χ4n) is 2.73. The van der Waals surface area contributed by atoms with Crippen LogP contribution in [0.1, 0.15) is 20.9 Å². The Hall–Kier alpha value is -2.66. The van der Waals surface area contributed by atoms with E-state index in [1.165, 1.54) is 11.3 Å². The van der Waals surface area contributed by atoms with E-state index in [0.29, 0.717) is 11.4 Å². The Labute approximate surface area is 137 Å². The van der Waals surface area contributed by atoms with Gasteiger partial charge < -0.3 is 5.32 Å². The zero-order valence-corrected chi connectivity index (χ0v) is 13.4. The number of imidazole rings is 1. The summed E-state index contributed by atoms with van der Waals surface area (Å²) in [5, 5.41) is 2.99. The van der Waals surface area contributed by atoms with Gasteiger partial charge in [0.25, 0.3) is 5.91 Å². The van der Waals surface area contributed by atoms with Crippen LogP contribution in [0, 0.1) is 6.92 Å². The number of hydrogen-bond donors (Lipinski definition) is 1. The number of nitrogens with zero attached hydrogens (tertiary/aromatic N) is 2. The van der Waals surface area contributed by atoms with E-state index in [-0.39, 0.29) is 5.91 Å². The molecule has 5 heteroatoms. The van der Waals surface area contributed by atoms with Crippen molar-refractivity contribution in [2.75, 3.05) is 0 Å². The highest BCUT2D eigenvalue weighted by Gasteiger charge is 2.18. The maximum atomic E-state index is 12.5. The molecule has 4 aromatic rings. The average Bonchev–Trinajstić information content (AvgIpc) is 3.10. The number of para-hydroxylation sites is 2. The molecule has 0 saturated heterocycles. The third-order valence-electron chi connectivity index (χ3n) is 3.89. The number of hydrogen-bond acceptors (Lipinski definition) is 3. The second kappa shape index (κ2) is 5.52. The van der Waals surface area contributed by atoms with E-state index in [1.54, 1.807) is 0 Å². The van der Waals surface area contributed by atoms with E-state index < -0.39 is 0 Å². The summed E-state index contributed by atoms with van der Waals surface area (Å²) in [6.45, 7) is 2.50. The molecule has 0 aliphatic heterocycles. The predicted molar refractivity (Wildman–Crippen MR) is 92.9 cm³/mol. The summed E-state index contributed by atoms with van der Waals surface area (Å²) in [6.07, 6.45) is 0.